The summed E-state index contributed by atoms with van der Waals surface area (Å²) in [5.74, 6) is -0.209. The van der Waals surface area contributed by atoms with Gasteiger partial charge >= 0.3 is 0 Å². The van der Waals surface area contributed by atoms with Crippen molar-refractivity contribution in [2.75, 3.05) is 25.0 Å². The summed E-state index contributed by atoms with van der Waals surface area (Å²) in [4.78, 5) is 28.1. The third kappa shape index (κ3) is 6.85. The molecule has 2 amide bonds. The largest absolute Gasteiger partial charge is 0.497 e. The maximum absolute atomic E-state index is 13.9. The smallest absolute Gasteiger partial charge is 0.264 e. The van der Waals surface area contributed by atoms with Gasteiger partial charge in [0.05, 0.1) is 17.7 Å². The Morgan fingerprint density at radius 1 is 0.974 bits per heavy atom. The van der Waals surface area contributed by atoms with E-state index in [0.29, 0.717) is 17.2 Å². The molecule has 1 N–H and O–H groups in total. The number of hydrogen-bond acceptors (Lipinski definition) is 5. The van der Waals surface area contributed by atoms with Crippen LogP contribution in [0.1, 0.15) is 24.5 Å². The van der Waals surface area contributed by atoms with E-state index >= 15 is 0 Å². The molecule has 0 saturated carbocycles. The second kappa shape index (κ2) is 12.8. The highest BCUT2D eigenvalue weighted by molar-refractivity contribution is 7.92. The number of anilines is 1. The van der Waals surface area contributed by atoms with E-state index in [2.05, 4.69) is 5.32 Å². The normalized spacial score (nSPS) is 11.9. The number of carbonyl (C=O) groups is 2. The van der Waals surface area contributed by atoms with Crippen molar-refractivity contribution in [1.29, 1.82) is 0 Å². The Morgan fingerprint density at radius 2 is 1.58 bits per heavy atom. The molecule has 3 aromatic carbocycles. The Bertz CT molecular complexity index is 1340. The number of carbonyl (C=O) groups excluding carboxylic acids is 2. The maximum atomic E-state index is 13.9. The summed E-state index contributed by atoms with van der Waals surface area (Å²) >= 11 is 6.05. The van der Waals surface area contributed by atoms with Crippen LogP contribution >= 0.6 is 11.6 Å². The number of sulfonamides is 1. The van der Waals surface area contributed by atoms with E-state index in [-0.39, 0.29) is 23.0 Å². The van der Waals surface area contributed by atoms with Crippen molar-refractivity contribution in [2.24, 2.45) is 0 Å². The first-order valence-electron chi connectivity index (χ1n) is 12.1. The molecule has 0 aliphatic heterocycles. The standard InChI is InChI=1S/C28H32ClN3O5S/c1-5-26(28(34)30-3)31(18-21-8-14-24(37-4)15-9-21)27(33)19-32(23-12-10-22(29)11-13-23)38(35,36)25-16-6-20(2)7-17-25/h6-17,26H,5,18-19H2,1-4H3,(H,30,34). The van der Waals surface area contributed by atoms with E-state index in [1.165, 1.54) is 24.1 Å². The Hall–Kier alpha value is -3.56. The average molecular weight is 558 g/mol. The number of rotatable bonds is 11. The van der Waals surface area contributed by atoms with Gasteiger partial charge in [0.15, 0.2) is 0 Å². The van der Waals surface area contributed by atoms with Gasteiger partial charge in [-0.15, -0.1) is 0 Å². The molecule has 202 valence electrons. The van der Waals surface area contributed by atoms with E-state index in [1.807, 2.05) is 6.92 Å². The molecule has 3 aromatic rings. The van der Waals surface area contributed by atoms with Crippen molar-refractivity contribution in [2.45, 2.75) is 37.8 Å². The summed E-state index contributed by atoms with van der Waals surface area (Å²) in [6.45, 7) is 3.25. The van der Waals surface area contributed by atoms with Gasteiger partial charge < -0.3 is 15.0 Å². The molecule has 1 atom stereocenters. The fraction of sp³-hybridized carbons (Fsp3) is 0.286. The highest BCUT2D eigenvalue weighted by Gasteiger charge is 2.33. The highest BCUT2D eigenvalue weighted by atomic mass is 35.5. The van der Waals surface area contributed by atoms with Crippen molar-refractivity contribution < 1.29 is 22.7 Å². The van der Waals surface area contributed by atoms with E-state index < -0.39 is 28.5 Å². The van der Waals surface area contributed by atoms with Gasteiger partial charge in [0.2, 0.25) is 11.8 Å². The molecule has 0 radical (unpaired) electrons. The van der Waals surface area contributed by atoms with E-state index in [0.717, 1.165) is 15.4 Å². The summed E-state index contributed by atoms with van der Waals surface area (Å²) in [6.07, 6.45) is 0.341. The molecule has 0 aliphatic rings. The van der Waals surface area contributed by atoms with Gasteiger partial charge in [-0.25, -0.2) is 8.42 Å². The van der Waals surface area contributed by atoms with Crippen molar-refractivity contribution in [1.82, 2.24) is 10.2 Å². The van der Waals surface area contributed by atoms with Crippen LogP contribution in [0.5, 0.6) is 5.75 Å². The van der Waals surface area contributed by atoms with E-state index in [1.54, 1.807) is 74.7 Å². The molecule has 8 nitrogen and oxygen atoms in total. The summed E-state index contributed by atoms with van der Waals surface area (Å²) in [6, 6.07) is 19.0. The minimum atomic E-state index is -4.13. The molecule has 0 saturated heterocycles. The lowest BCUT2D eigenvalue weighted by atomic mass is 10.1. The topological polar surface area (TPSA) is 96.0 Å². The van der Waals surface area contributed by atoms with Crippen LogP contribution in [0.4, 0.5) is 5.69 Å². The Balaban J connectivity index is 2.03. The minimum Gasteiger partial charge on any atom is -0.497 e. The zero-order valence-corrected chi connectivity index (χ0v) is 23.4. The average Bonchev–Trinajstić information content (AvgIpc) is 2.92. The van der Waals surface area contributed by atoms with Gasteiger partial charge in [0.25, 0.3) is 10.0 Å². The van der Waals surface area contributed by atoms with Gasteiger partial charge in [0.1, 0.15) is 18.3 Å². The first kappa shape index (κ1) is 29.0. The predicted octanol–water partition coefficient (Wildman–Crippen LogP) is 4.41. The van der Waals surface area contributed by atoms with Crippen molar-refractivity contribution in [3.05, 3.63) is 88.9 Å². The molecule has 0 heterocycles. The second-order valence-electron chi connectivity index (χ2n) is 8.71. The number of aryl methyl sites for hydroxylation is 1. The molecule has 3 rings (SSSR count). The van der Waals surface area contributed by atoms with Crippen molar-refractivity contribution in [3.63, 3.8) is 0 Å². The zero-order valence-electron chi connectivity index (χ0n) is 21.8. The van der Waals surface area contributed by atoms with Gasteiger partial charge in [-0.2, -0.15) is 0 Å². The number of nitrogens with one attached hydrogen (secondary N) is 1. The van der Waals surface area contributed by atoms with Gasteiger partial charge in [-0.05, 0) is 67.4 Å². The van der Waals surface area contributed by atoms with Crippen LogP contribution in [-0.4, -0.2) is 51.9 Å². The fourth-order valence-electron chi connectivity index (χ4n) is 3.99. The van der Waals surface area contributed by atoms with Crippen LogP contribution in [0.3, 0.4) is 0 Å². The number of likely N-dealkylation sites (N-methyl/N-ethyl adjacent to an activating group) is 1. The highest BCUT2D eigenvalue weighted by Crippen LogP contribution is 2.26. The van der Waals surface area contributed by atoms with Crippen LogP contribution in [0.25, 0.3) is 0 Å². The number of nitrogens with zero attached hydrogens (tertiary/aromatic N) is 2. The Kier molecular flexibility index (Phi) is 9.77. The third-order valence-corrected chi connectivity index (χ3v) is 8.19. The first-order valence-corrected chi connectivity index (χ1v) is 13.9. The molecule has 38 heavy (non-hydrogen) atoms. The number of methoxy groups -OCH3 is 1. The van der Waals surface area contributed by atoms with Gasteiger partial charge in [0, 0.05) is 18.6 Å². The lowest BCUT2D eigenvalue weighted by Gasteiger charge is -2.33. The predicted molar refractivity (Wildman–Crippen MR) is 149 cm³/mol. The van der Waals surface area contributed by atoms with Crippen molar-refractivity contribution >= 4 is 39.1 Å². The van der Waals surface area contributed by atoms with E-state index in [4.69, 9.17) is 16.3 Å². The Labute approximate surface area is 229 Å². The molecular weight excluding hydrogens is 526 g/mol. The summed E-state index contributed by atoms with van der Waals surface area (Å²) in [5, 5.41) is 3.04. The quantitative estimate of drug-likeness (QED) is 0.377. The van der Waals surface area contributed by atoms with E-state index in [9.17, 15) is 18.0 Å². The summed E-state index contributed by atoms with van der Waals surface area (Å²) in [7, 11) is -1.06. The monoisotopic (exact) mass is 557 g/mol. The number of ether oxygens (including phenoxy) is 1. The van der Waals surface area contributed by atoms with Crippen LogP contribution in [0.2, 0.25) is 5.02 Å². The summed E-state index contributed by atoms with van der Waals surface area (Å²) in [5.41, 5.74) is 1.95. The first-order chi connectivity index (χ1) is 18.1. The Morgan fingerprint density at radius 3 is 2.11 bits per heavy atom. The number of benzene rings is 3. The number of hydrogen-bond donors (Lipinski definition) is 1. The van der Waals surface area contributed by atoms with Crippen LogP contribution in [-0.2, 0) is 26.2 Å². The number of amides is 2. The third-order valence-electron chi connectivity index (χ3n) is 6.15. The second-order valence-corrected chi connectivity index (χ2v) is 11.0. The molecule has 0 bridgehead atoms. The fourth-order valence-corrected chi connectivity index (χ4v) is 5.53. The van der Waals surface area contributed by atoms with Crippen LogP contribution < -0.4 is 14.4 Å². The van der Waals surface area contributed by atoms with Gasteiger partial charge in [-0.1, -0.05) is 48.4 Å². The van der Waals surface area contributed by atoms with Crippen LogP contribution in [0, 0.1) is 6.92 Å². The zero-order chi connectivity index (χ0) is 27.9. The summed E-state index contributed by atoms with van der Waals surface area (Å²) < 4.78 is 33.8. The molecular formula is C28H32ClN3O5S. The molecule has 1 unspecified atom stereocenters. The van der Waals surface area contributed by atoms with Crippen LogP contribution in [0.15, 0.2) is 77.7 Å². The minimum absolute atomic E-state index is 0.0471. The lowest BCUT2D eigenvalue weighted by molar-refractivity contribution is -0.140. The van der Waals surface area contributed by atoms with Crippen molar-refractivity contribution in [3.8, 4) is 5.75 Å². The molecule has 0 spiro atoms. The lowest BCUT2D eigenvalue weighted by Crippen LogP contribution is -2.51. The maximum Gasteiger partial charge on any atom is 0.264 e. The SMILES string of the molecule is CCC(C(=O)NC)N(Cc1ccc(OC)cc1)C(=O)CN(c1ccc(Cl)cc1)S(=O)(=O)c1ccc(C)cc1. The molecule has 0 fully saturated rings. The molecule has 0 aliphatic carbocycles. The number of halogens is 1. The van der Waals surface area contributed by atoms with Gasteiger partial charge in [-0.3, -0.25) is 13.9 Å². The molecule has 0 aromatic heterocycles. The molecule has 10 heteroatoms.